The second-order valence-electron chi connectivity index (χ2n) is 0.649. The molecule has 0 amide bonds. The summed E-state index contributed by atoms with van der Waals surface area (Å²) in [6.45, 7) is 0. The lowest BCUT2D eigenvalue weighted by molar-refractivity contribution is 0.777. The Kier molecular flexibility index (Phi) is 15.0. The van der Waals surface area contributed by atoms with E-state index in [4.69, 9.17) is 3.63 Å². The van der Waals surface area contributed by atoms with Crippen LogP contribution in [0.5, 0.6) is 0 Å². The van der Waals surface area contributed by atoms with Crippen molar-refractivity contribution >= 4 is 83.9 Å². The minimum Gasteiger partial charge on any atom is -0.235 e. The van der Waals surface area contributed by atoms with E-state index in [0.717, 1.165) is 0 Å². The molecule has 62 valence electrons. The number of hydrogen-bond donors (Lipinski definition) is 1. The van der Waals surface area contributed by atoms with Gasteiger partial charge in [0.25, 0.3) is 0 Å². The van der Waals surface area contributed by atoms with Crippen molar-refractivity contribution in [3.05, 3.63) is 0 Å². The maximum absolute atomic E-state index is 4.94. The Morgan fingerprint density at radius 3 is 2.40 bits per heavy atom. The molecule has 0 saturated heterocycles. The predicted octanol–water partition coefficient (Wildman–Crippen LogP) is 5.02. The number of rotatable bonds is 7. The predicted molar refractivity (Wildman–Crippen MR) is 69.1 cm³/mol. The van der Waals surface area contributed by atoms with Crippen LogP contribution in [0.1, 0.15) is 0 Å². The largest absolute Gasteiger partial charge is 0.235 e. The normalized spacial score (nSPS) is 10.2. The van der Waals surface area contributed by atoms with E-state index in [-0.39, 0.29) is 0 Å². The van der Waals surface area contributed by atoms with Gasteiger partial charge < -0.3 is 0 Å². The summed E-state index contributed by atoms with van der Waals surface area (Å²) in [5, 5.41) is 0. The van der Waals surface area contributed by atoms with E-state index in [1.807, 2.05) is 6.26 Å². The minimum absolute atomic E-state index is 1.36. The number of hydrogen-bond acceptors (Lipinski definition) is 9. The zero-order valence-corrected chi connectivity index (χ0v) is 11.3. The SMILES string of the molecule is CSOSSSSSSS. The molecule has 0 aliphatic heterocycles. The van der Waals surface area contributed by atoms with Gasteiger partial charge in [-0.05, 0) is 19.7 Å². The van der Waals surface area contributed by atoms with Gasteiger partial charge in [0, 0.05) is 47.8 Å². The first-order chi connectivity index (χ1) is 4.91. The molecular formula is CH4OS8. The lowest BCUT2D eigenvalue weighted by Gasteiger charge is -1.93. The highest BCUT2D eigenvalue weighted by Crippen LogP contribution is 2.53. The van der Waals surface area contributed by atoms with E-state index in [1.165, 1.54) is 32.9 Å². The third kappa shape index (κ3) is 10.8. The molecule has 0 atom stereocenters. The molecule has 10 heavy (non-hydrogen) atoms. The van der Waals surface area contributed by atoms with Crippen molar-refractivity contribution in [2.45, 2.75) is 0 Å². The Morgan fingerprint density at radius 2 is 1.80 bits per heavy atom. The van der Waals surface area contributed by atoms with E-state index >= 15 is 0 Å². The van der Waals surface area contributed by atoms with Crippen molar-refractivity contribution in [1.82, 2.24) is 0 Å². The Morgan fingerprint density at radius 1 is 1.10 bits per heavy atom. The van der Waals surface area contributed by atoms with Crippen LogP contribution in [-0.4, -0.2) is 6.26 Å². The van der Waals surface area contributed by atoms with E-state index in [0.29, 0.717) is 0 Å². The van der Waals surface area contributed by atoms with Crippen molar-refractivity contribution in [3.63, 3.8) is 0 Å². The van der Waals surface area contributed by atoms with Crippen LogP contribution in [0.25, 0.3) is 0 Å². The van der Waals surface area contributed by atoms with E-state index in [9.17, 15) is 0 Å². The molecule has 1 nitrogen and oxygen atoms in total. The molecule has 0 N–H and O–H groups in total. The first-order valence-corrected chi connectivity index (χ1v) is 11.4. The Balaban J connectivity index is 2.65. The Hall–Kier alpha value is 2.76. The molecule has 9 heteroatoms. The average molecular weight is 289 g/mol. The molecule has 0 radical (unpaired) electrons. The van der Waals surface area contributed by atoms with Gasteiger partial charge in [-0.1, -0.05) is 11.7 Å². The summed E-state index contributed by atoms with van der Waals surface area (Å²) in [7, 11) is 8.03. The standard InChI is InChI=1S/CH4OS8/c1-4-2-5-7-9-10-8-6-3/h3H,1H3. The molecule has 0 unspecified atom stereocenters. The maximum Gasteiger partial charge on any atom is 0.0902 e. The van der Waals surface area contributed by atoms with Crippen LogP contribution in [0, 0.1) is 0 Å². The average Bonchev–Trinajstić information content (AvgIpc) is 1.97. The molecule has 0 fully saturated rings. The minimum atomic E-state index is 1.36. The topological polar surface area (TPSA) is 9.23 Å². The van der Waals surface area contributed by atoms with Crippen LogP contribution in [-0.2, 0) is 3.63 Å². The molecule has 0 spiro atoms. The fraction of sp³-hybridized carbons (Fsp3) is 1.00. The molecule has 0 heterocycles. The first-order valence-electron chi connectivity index (χ1n) is 1.76. The zero-order valence-electron chi connectivity index (χ0n) is 4.71. The molecule has 0 aromatic rings. The van der Waals surface area contributed by atoms with Gasteiger partial charge in [-0.2, -0.15) is 0 Å². The van der Waals surface area contributed by atoms with Crippen molar-refractivity contribution in [2.75, 3.05) is 6.26 Å². The zero-order chi connectivity index (χ0) is 7.66. The second-order valence-corrected chi connectivity index (χ2v) is 11.1. The third-order valence-corrected chi connectivity index (χ3v) is 11.3. The summed E-state index contributed by atoms with van der Waals surface area (Å²) in [6.07, 6.45) is 1.89. The van der Waals surface area contributed by atoms with Crippen molar-refractivity contribution in [1.29, 1.82) is 0 Å². The van der Waals surface area contributed by atoms with Gasteiger partial charge in [-0.3, -0.25) is 0 Å². The van der Waals surface area contributed by atoms with Crippen LogP contribution >= 0.6 is 83.9 Å². The lowest BCUT2D eigenvalue weighted by atomic mass is 12.0. The van der Waals surface area contributed by atoms with E-state index in [2.05, 4.69) is 11.7 Å². The summed E-state index contributed by atoms with van der Waals surface area (Å²) < 4.78 is 4.94. The molecule has 0 aliphatic carbocycles. The quantitative estimate of drug-likeness (QED) is 0.299. The highest BCUT2D eigenvalue weighted by Gasteiger charge is 1.92. The van der Waals surface area contributed by atoms with Crippen molar-refractivity contribution in [2.24, 2.45) is 0 Å². The fourth-order valence-electron chi connectivity index (χ4n) is 0.0856. The molecule has 0 bridgehead atoms. The molecule has 0 rings (SSSR count). The van der Waals surface area contributed by atoms with Gasteiger partial charge in [-0.25, -0.2) is 3.63 Å². The molecule has 0 aromatic carbocycles. The van der Waals surface area contributed by atoms with Crippen molar-refractivity contribution in [3.8, 4) is 0 Å². The monoisotopic (exact) mass is 288 g/mol. The van der Waals surface area contributed by atoms with E-state index in [1.54, 1.807) is 39.3 Å². The summed E-state index contributed by atoms with van der Waals surface area (Å²) in [4.78, 5) is 0. The summed E-state index contributed by atoms with van der Waals surface area (Å²) in [5.41, 5.74) is 0. The first kappa shape index (κ1) is 12.8. The summed E-state index contributed by atoms with van der Waals surface area (Å²) in [5.74, 6) is 0. The van der Waals surface area contributed by atoms with Crippen LogP contribution in [0.3, 0.4) is 0 Å². The summed E-state index contributed by atoms with van der Waals surface area (Å²) >= 11 is 6.69. The third-order valence-electron chi connectivity index (χ3n) is 0.237. The highest BCUT2D eigenvalue weighted by molar-refractivity contribution is 9.45. The van der Waals surface area contributed by atoms with Gasteiger partial charge in [0.05, 0.1) is 11.1 Å². The van der Waals surface area contributed by atoms with E-state index < -0.39 is 0 Å². The molecule has 0 saturated carbocycles. The highest BCUT2D eigenvalue weighted by atomic mass is 33.9. The fourth-order valence-corrected chi connectivity index (χ4v) is 11.1. The second kappa shape index (κ2) is 11.8. The Bertz CT molecular complexity index is 49.2. The van der Waals surface area contributed by atoms with Crippen LogP contribution in [0.2, 0.25) is 0 Å². The molecule has 0 aromatic heterocycles. The van der Waals surface area contributed by atoms with Crippen LogP contribution in [0.15, 0.2) is 0 Å². The smallest absolute Gasteiger partial charge is 0.0902 e. The van der Waals surface area contributed by atoms with Gasteiger partial charge in [0.15, 0.2) is 0 Å². The van der Waals surface area contributed by atoms with Crippen LogP contribution < -0.4 is 0 Å². The lowest BCUT2D eigenvalue weighted by Crippen LogP contribution is -1.49. The van der Waals surface area contributed by atoms with Crippen LogP contribution in [0.4, 0.5) is 0 Å². The Labute approximate surface area is 92.7 Å². The van der Waals surface area contributed by atoms with Gasteiger partial charge >= 0.3 is 0 Å². The maximum atomic E-state index is 4.94. The van der Waals surface area contributed by atoms with Gasteiger partial charge in [0.2, 0.25) is 0 Å². The molecular weight excluding hydrogens is 285 g/mol. The van der Waals surface area contributed by atoms with Gasteiger partial charge in [-0.15, -0.1) is 0 Å². The van der Waals surface area contributed by atoms with Crippen molar-refractivity contribution < 1.29 is 3.63 Å². The number of thiol groups is 1. The van der Waals surface area contributed by atoms with Gasteiger partial charge in [0.1, 0.15) is 0 Å². The summed E-state index contributed by atoms with van der Waals surface area (Å²) in [6, 6.07) is 0. The molecule has 0 aliphatic rings.